The molecule has 0 aromatic carbocycles. The lowest BCUT2D eigenvalue weighted by atomic mass is 10.2. The van der Waals surface area contributed by atoms with Crippen LogP contribution in [0.5, 0.6) is 0 Å². The van der Waals surface area contributed by atoms with Gasteiger partial charge in [-0.3, -0.25) is 0 Å². The molecule has 3 nitrogen and oxygen atoms in total. The minimum absolute atomic E-state index is 0.573. The first kappa shape index (κ1) is 14.8. The molecule has 0 radical (unpaired) electrons. The summed E-state index contributed by atoms with van der Waals surface area (Å²) >= 11 is 3.68. The molecule has 1 aliphatic heterocycles. The Morgan fingerprint density at radius 3 is 3.05 bits per heavy atom. The number of halogens is 1. The van der Waals surface area contributed by atoms with Gasteiger partial charge < -0.3 is 10.2 Å². The molecular formula is C15H24BrN3. The lowest BCUT2D eigenvalue weighted by molar-refractivity contribution is 0.511. The summed E-state index contributed by atoms with van der Waals surface area (Å²) in [7, 11) is 0. The highest BCUT2D eigenvalue weighted by molar-refractivity contribution is 9.10. The van der Waals surface area contributed by atoms with E-state index in [1.54, 1.807) is 0 Å². The van der Waals surface area contributed by atoms with Crippen molar-refractivity contribution in [3.63, 3.8) is 0 Å². The fourth-order valence-electron chi connectivity index (χ4n) is 2.59. The second-order valence-corrected chi connectivity index (χ2v) is 6.60. The van der Waals surface area contributed by atoms with Gasteiger partial charge in [0.1, 0.15) is 5.82 Å². The summed E-state index contributed by atoms with van der Waals surface area (Å²) < 4.78 is 1.14. The van der Waals surface area contributed by atoms with Gasteiger partial charge in [-0.2, -0.15) is 0 Å². The van der Waals surface area contributed by atoms with Gasteiger partial charge in [-0.1, -0.05) is 13.8 Å². The van der Waals surface area contributed by atoms with Crippen LogP contribution in [0.15, 0.2) is 16.7 Å². The molecule has 1 unspecified atom stereocenters. The highest BCUT2D eigenvalue weighted by atomic mass is 79.9. The normalized spacial score (nSPS) is 19.4. The van der Waals surface area contributed by atoms with Crippen LogP contribution in [0.25, 0.3) is 0 Å². The van der Waals surface area contributed by atoms with E-state index in [1.807, 2.05) is 6.20 Å². The smallest absolute Gasteiger partial charge is 0.143 e. The first-order chi connectivity index (χ1) is 9.09. The van der Waals surface area contributed by atoms with Gasteiger partial charge in [0.15, 0.2) is 0 Å². The summed E-state index contributed by atoms with van der Waals surface area (Å²) in [6, 6.07) is 2.62. The van der Waals surface area contributed by atoms with Crippen molar-refractivity contribution in [1.29, 1.82) is 0 Å². The Balaban J connectivity index is 2.04. The average molecular weight is 326 g/mol. The topological polar surface area (TPSA) is 28.2 Å². The van der Waals surface area contributed by atoms with Crippen LogP contribution in [-0.4, -0.2) is 30.7 Å². The van der Waals surface area contributed by atoms with E-state index in [1.165, 1.54) is 18.4 Å². The van der Waals surface area contributed by atoms with Gasteiger partial charge in [0.2, 0.25) is 0 Å². The maximum atomic E-state index is 4.57. The van der Waals surface area contributed by atoms with E-state index in [9.17, 15) is 0 Å². The maximum Gasteiger partial charge on any atom is 0.143 e. The third kappa shape index (κ3) is 3.69. The zero-order chi connectivity index (χ0) is 13.8. The van der Waals surface area contributed by atoms with Crippen molar-refractivity contribution in [2.75, 3.05) is 24.5 Å². The minimum atomic E-state index is 0.573. The largest absolute Gasteiger partial charge is 0.351 e. The Morgan fingerprint density at radius 1 is 1.53 bits per heavy atom. The summed E-state index contributed by atoms with van der Waals surface area (Å²) in [5.74, 6) is 1.81. The van der Waals surface area contributed by atoms with E-state index in [0.717, 1.165) is 29.9 Å². The predicted octanol–water partition coefficient (Wildman–Crippen LogP) is 3.37. The molecule has 1 saturated heterocycles. The van der Waals surface area contributed by atoms with Gasteiger partial charge in [0, 0.05) is 25.3 Å². The van der Waals surface area contributed by atoms with Crippen LogP contribution in [0.2, 0.25) is 0 Å². The SMILES string of the molecule is Cc1ccnc(N2CCCC2CNCC(C)C)c1Br. The number of aromatic nitrogens is 1. The first-order valence-electron chi connectivity index (χ1n) is 7.18. The number of aryl methyl sites for hydroxylation is 1. The molecule has 1 aromatic rings. The van der Waals surface area contributed by atoms with Gasteiger partial charge in [-0.15, -0.1) is 0 Å². The molecule has 0 saturated carbocycles. The molecule has 4 heteroatoms. The fraction of sp³-hybridized carbons (Fsp3) is 0.667. The Kier molecular flexibility index (Phi) is 5.22. The van der Waals surface area contributed by atoms with Gasteiger partial charge in [0.25, 0.3) is 0 Å². The summed E-state index contributed by atoms with van der Waals surface area (Å²) in [4.78, 5) is 7.01. The summed E-state index contributed by atoms with van der Waals surface area (Å²) in [5.41, 5.74) is 1.26. The molecule has 1 fully saturated rings. The van der Waals surface area contributed by atoms with Crippen LogP contribution in [0, 0.1) is 12.8 Å². The van der Waals surface area contributed by atoms with Crippen molar-refractivity contribution in [1.82, 2.24) is 10.3 Å². The van der Waals surface area contributed by atoms with Crippen molar-refractivity contribution in [2.24, 2.45) is 5.92 Å². The number of nitrogens with one attached hydrogen (secondary N) is 1. The average Bonchev–Trinajstić information content (AvgIpc) is 2.80. The maximum absolute atomic E-state index is 4.57. The van der Waals surface area contributed by atoms with E-state index in [-0.39, 0.29) is 0 Å². The Hall–Kier alpha value is -0.610. The third-order valence-electron chi connectivity index (χ3n) is 3.65. The summed E-state index contributed by atoms with van der Waals surface area (Å²) in [6.45, 7) is 9.88. The number of hydrogen-bond donors (Lipinski definition) is 1. The minimum Gasteiger partial charge on any atom is -0.351 e. The molecule has 106 valence electrons. The monoisotopic (exact) mass is 325 g/mol. The summed E-state index contributed by atoms with van der Waals surface area (Å²) in [6.07, 6.45) is 4.43. The van der Waals surface area contributed by atoms with Crippen molar-refractivity contribution in [3.05, 3.63) is 22.3 Å². The molecule has 1 aromatic heterocycles. The molecule has 1 atom stereocenters. The van der Waals surface area contributed by atoms with Crippen LogP contribution in [-0.2, 0) is 0 Å². The van der Waals surface area contributed by atoms with Gasteiger partial charge in [-0.05, 0) is 59.8 Å². The van der Waals surface area contributed by atoms with E-state index >= 15 is 0 Å². The number of hydrogen-bond acceptors (Lipinski definition) is 3. The van der Waals surface area contributed by atoms with Crippen molar-refractivity contribution < 1.29 is 0 Å². The van der Waals surface area contributed by atoms with Crippen molar-refractivity contribution >= 4 is 21.7 Å². The number of rotatable bonds is 5. The molecule has 0 amide bonds. The Bertz CT molecular complexity index is 420. The van der Waals surface area contributed by atoms with Gasteiger partial charge in [0.05, 0.1) is 4.47 Å². The van der Waals surface area contributed by atoms with Crippen LogP contribution in [0.3, 0.4) is 0 Å². The second kappa shape index (κ2) is 6.71. The zero-order valence-corrected chi connectivity index (χ0v) is 13.7. The van der Waals surface area contributed by atoms with E-state index in [4.69, 9.17) is 0 Å². The molecule has 19 heavy (non-hydrogen) atoms. The lowest BCUT2D eigenvalue weighted by Gasteiger charge is -2.27. The highest BCUT2D eigenvalue weighted by Gasteiger charge is 2.27. The first-order valence-corrected chi connectivity index (χ1v) is 7.97. The molecule has 0 aliphatic carbocycles. The standard InChI is InChI=1S/C15H24BrN3/c1-11(2)9-17-10-13-5-4-8-19(13)15-14(16)12(3)6-7-18-15/h6-7,11,13,17H,4-5,8-10H2,1-3H3. The zero-order valence-electron chi connectivity index (χ0n) is 12.1. The highest BCUT2D eigenvalue weighted by Crippen LogP contribution is 2.31. The van der Waals surface area contributed by atoms with Crippen molar-refractivity contribution in [3.8, 4) is 0 Å². The Labute approximate surface area is 124 Å². The van der Waals surface area contributed by atoms with E-state index in [2.05, 4.69) is 58.0 Å². The number of anilines is 1. The number of pyridine rings is 1. The molecular weight excluding hydrogens is 302 g/mol. The Morgan fingerprint density at radius 2 is 2.32 bits per heavy atom. The van der Waals surface area contributed by atoms with E-state index in [0.29, 0.717) is 12.0 Å². The number of nitrogens with zero attached hydrogens (tertiary/aromatic N) is 2. The van der Waals surface area contributed by atoms with Crippen LogP contribution in [0.1, 0.15) is 32.3 Å². The molecule has 2 heterocycles. The lowest BCUT2D eigenvalue weighted by Crippen LogP contribution is -2.39. The third-order valence-corrected chi connectivity index (χ3v) is 4.63. The molecule has 0 bridgehead atoms. The van der Waals surface area contributed by atoms with Crippen LogP contribution < -0.4 is 10.2 Å². The van der Waals surface area contributed by atoms with Gasteiger partial charge >= 0.3 is 0 Å². The fourth-order valence-corrected chi connectivity index (χ4v) is 3.05. The second-order valence-electron chi connectivity index (χ2n) is 5.81. The summed E-state index contributed by atoms with van der Waals surface area (Å²) in [5, 5.41) is 3.58. The van der Waals surface area contributed by atoms with Gasteiger partial charge in [-0.25, -0.2) is 4.98 Å². The molecule has 1 N–H and O–H groups in total. The predicted molar refractivity (Wildman–Crippen MR) is 84.7 cm³/mol. The quantitative estimate of drug-likeness (QED) is 0.899. The van der Waals surface area contributed by atoms with E-state index < -0.39 is 0 Å². The van der Waals surface area contributed by atoms with Crippen LogP contribution >= 0.6 is 15.9 Å². The molecule has 1 aliphatic rings. The molecule has 0 spiro atoms. The van der Waals surface area contributed by atoms with Crippen molar-refractivity contribution in [2.45, 2.75) is 39.7 Å². The molecule has 2 rings (SSSR count). The van der Waals surface area contributed by atoms with Crippen LogP contribution in [0.4, 0.5) is 5.82 Å².